The summed E-state index contributed by atoms with van der Waals surface area (Å²) in [5.41, 5.74) is 1.48. The molecule has 5 nitrogen and oxygen atoms in total. The summed E-state index contributed by atoms with van der Waals surface area (Å²) in [6.45, 7) is 0.413. The number of pyridine rings is 1. The van der Waals surface area contributed by atoms with E-state index in [0.717, 1.165) is 15.4 Å². The molecule has 3 rings (SSSR count). The molecular formula is C16H13BrClN3O2S. The van der Waals surface area contributed by atoms with Crippen LogP contribution in [0.2, 0.25) is 5.02 Å². The van der Waals surface area contributed by atoms with Crippen LogP contribution in [0.4, 0.5) is 5.82 Å². The molecule has 0 radical (unpaired) electrons. The van der Waals surface area contributed by atoms with E-state index in [2.05, 4.69) is 26.2 Å². The second-order valence-corrected chi connectivity index (χ2v) is 8.09. The van der Waals surface area contributed by atoms with E-state index in [1.165, 1.54) is 12.1 Å². The number of primary sulfonamides is 1. The second-order valence-electron chi connectivity index (χ2n) is 5.20. The number of fused-ring (bicyclic) bond motifs is 1. The van der Waals surface area contributed by atoms with Gasteiger partial charge in [-0.3, -0.25) is 0 Å². The SMILES string of the molecule is NS(=O)(=O)c1cccc(CNc2ccc3cc(Br)cc(Cl)c3n2)c1. The van der Waals surface area contributed by atoms with Crippen LogP contribution in [-0.4, -0.2) is 13.4 Å². The van der Waals surface area contributed by atoms with Crippen molar-refractivity contribution in [1.29, 1.82) is 0 Å². The van der Waals surface area contributed by atoms with Crippen molar-refractivity contribution in [2.75, 3.05) is 5.32 Å². The highest BCUT2D eigenvalue weighted by atomic mass is 79.9. The van der Waals surface area contributed by atoms with E-state index in [9.17, 15) is 8.42 Å². The number of halogens is 2. The minimum absolute atomic E-state index is 0.0844. The van der Waals surface area contributed by atoms with Crippen LogP contribution >= 0.6 is 27.5 Å². The molecule has 0 unspecified atom stereocenters. The predicted octanol–water partition coefficient (Wildman–Crippen LogP) is 3.91. The van der Waals surface area contributed by atoms with Crippen LogP contribution in [0.3, 0.4) is 0 Å². The molecule has 1 heterocycles. The molecule has 124 valence electrons. The minimum atomic E-state index is -3.71. The molecular weight excluding hydrogens is 414 g/mol. The maximum Gasteiger partial charge on any atom is 0.238 e. The topological polar surface area (TPSA) is 85.1 Å². The number of nitrogens with zero attached hydrogens (tertiary/aromatic N) is 1. The van der Waals surface area contributed by atoms with Crippen LogP contribution in [0.1, 0.15) is 5.56 Å². The van der Waals surface area contributed by atoms with Crippen molar-refractivity contribution in [3.05, 3.63) is 63.6 Å². The molecule has 0 amide bonds. The van der Waals surface area contributed by atoms with Gasteiger partial charge in [-0.25, -0.2) is 18.5 Å². The fourth-order valence-electron chi connectivity index (χ4n) is 2.28. The summed E-state index contributed by atoms with van der Waals surface area (Å²) in [5.74, 6) is 0.646. The van der Waals surface area contributed by atoms with Gasteiger partial charge in [-0.1, -0.05) is 39.7 Å². The molecule has 0 spiro atoms. The van der Waals surface area contributed by atoms with Gasteiger partial charge >= 0.3 is 0 Å². The first-order valence-electron chi connectivity index (χ1n) is 6.94. The first-order valence-corrected chi connectivity index (χ1v) is 9.66. The molecule has 8 heteroatoms. The van der Waals surface area contributed by atoms with Gasteiger partial charge < -0.3 is 5.32 Å². The third-order valence-corrected chi connectivity index (χ3v) is 5.07. The van der Waals surface area contributed by atoms with Gasteiger partial charge in [0.25, 0.3) is 0 Å². The average molecular weight is 427 g/mol. The van der Waals surface area contributed by atoms with Gasteiger partial charge in [0.1, 0.15) is 5.82 Å². The van der Waals surface area contributed by atoms with Crippen LogP contribution in [0.25, 0.3) is 10.9 Å². The molecule has 0 aliphatic carbocycles. The second kappa shape index (κ2) is 6.68. The number of anilines is 1. The lowest BCUT2D eigenvalue weighted by Crippen LogP contribution is -2.12. The Morgan fingerprint density at radius 1 is 1.17 bits per heavy atom. The normalized spacial score (nSPS) is 11.6. The van der Waals surface area contributed by atoms with Crippen molar-refractivity contribution >= 4 is 54.3 Å². The molecule has 1 aromatic heterocycles. The standard InChI is InChI=1S/C16H13BrClN3O2S/c17-12-7-11-4-5-15(21-16(11)14(18)8-12)20-9-10-2-1-3-13(6-10)24(19,22)23/h1-8H,9H2,(H,20,21)(H2,19,22,23). The molecule has 24 heavy (non-hydrogen) atoms. The summed E-state index contributed by atoms with van der Waals surface area (Å²) in [6.07, 6.45) is 0. The van der Waals surface area contributed by atoms with E-state index in [0.29, 0.717) is 22.9 Å². The molecule has 0 saturated heterocycles. The van der Waals surface area contributed by atoms with E-state index in [1.807, 2.05) is 24.3 Å². The minimum Gasteiger partial charge on any atom is -0.366 e. The molecule has 0 aliphatic rings. The zero-order valence-electron chi connectivity index (χ0n) is 12.3. The number of nitrogens with two attached hydrogens (primary N) is 1. The van der Waals surface area contributed by atoms with E-state index in [1.54, 1.807) is 12.1 Å². The molecule has 3 N–H and O–H groups in total. The van der Waals surface area contributed by atoms with Crippen LogP contribution in [-0.2, 0) is 16.6 Å². The van der Waals surface area contributed by atoms with Crippen molar-refractivity contribution in [1.82, 2.24) is 4.98 Å². The van der Waals surface area contributed by atoms with Gasteiger partial charge in [0.2, 0.25) is 10.0 Å². The number of aromatic nitrogens is 1. The first kappa shape index (κ1) is 17.2. The maximum atomic E-state index is 11.4. The largest absolute Gasteiger partial charge is 0.366 e. The quantitative estimate of drug-likeness (QED) is 0.662. The Morgan fingerprint density at radius 3 is 2.71 bits per heavy atom. The van der Waals surface area contributed by atoms with Crippen molar-refractivity contribution in [3.8, 4) is 0 Å². The lowest BCUT2D eigenvalue weighted by molar-refractivity contribution is 0.597. The highest BCUT2D eigenvalue weighted by molar-refractivity contribution is 9.10. The number of hydrogen-bond donors (Lipinski definition) is 2. The molecule has 3 aromatic rings. The summed E-state index contributed by atoms with van der Waals surface area (Å²) in [4.78, 5) is 4.58. The highest BCUT2D eigenvalue weighted by Crippen LogP contribution is 2.27. The van der Waals surface area contributed by atoms with Gasteiger partial charge in [0, 0.05) is 16.4 Å². The van der Waals surface area contributed by atoms with E-state index in [-0.39, 0.29) is 4.90 Å². The average Bonchev–Trinajstić information content (AvgIpc) is 2.52. The smallest absolute Gasteiger partial charge is 0.238 e. The lowest BCUT2D eigenvalue weighted by atomic mass is 10.2. The Labute approximate surface area is 153 Å². The van der Waals surface area contributed by atoms with Gasteiger partial charge in [-0.05, 0) is 42.0 Å². The molecule has 0 aliphatic heterocycles. The number of nitrogens with one attached hydrogen (secondary N) is 1. The first-order chi connectivity index (χ1) is 11.3. The third kappa shape index (κ3) is 3.87. The van der Waals surface area contributed by atoms with Crippen LogP contribution in [0.5, 0.6) is 0 Å². The lowest BCUT2D eigenvalue weighted by Gasteiger charge is -2.09. The van der Waals surface area contributed by atoms with Crippen LogP contribution in [0, 0.1) is 0 Å². The molecule has 0 bridgehead atoms. The molecule has 2 aromatic carbocycles. The Morgan fingerprint density at radius 2 is 1.96 bits per heavy atom. The van der Waals surface area contributed by atoms with E-state index in [4.69, 9.17) is 16.7 Å². The Balaban J connectivity index is 1.84. The van der Waals surface area contributed by atoms with Gasteiger partial charge in [0.15, 0.2) is 0 Å². The predicted molar refractivity (Wildman–Crippen MR) is 99.6 cm³/mol. The van der Waals surface area contributed by atoms with Gasteiger partial charge in [-0.2, -0.15) is 0 Å². The number of rotatable bonds is 4. The van der Waals surface area contributed by atoms with Crippen LogP contribution < -0.4 is 10.5 Å². The zero-order chi connectivity index (χ0) is 17.3. The molecule has 0 saturated carbocycles. The highest BCUT2D eigenvalue weighted by Gasteiger charge is 2.08. The fourth-order valence-corrected chi connectivity index (χ4v) is 3.74. The Hall–Kier alpha value is -1.67. The van der Waals surface area contributed by atoms with Crippen LogP contribution in [0.15, 0.2) is 57.9 Å². The number of benzene rings is 2. The van der Waals surface area contributed by atoms with Crippen molar-refractivity contribution in [2.45, 2.75) is 11.4 Å². The number of hydrogen-bond acceptors (Lipinski definition) is 4. The Kier molecular flexibility index (Phi) is 4.78. The summed E-state index contributed by atoms with van der Waals surface area (Å²) >= 11 is 9.62. The summed E-state index contributed by atoms with van der Waals surface area (Å²) in [5, 5.41) is 9.78. The zero-order valence-corrected chi connectivity index (χ0v) is 15.5. The maximum absolute atomic E-state index is 11.4. The third-order valence-electron chi connectivity index (χ3n) is 3.41. The summed E-state index contributed by atoms with van der Waals surface area (Å²) in [6, 6.07) is 13.9. The van der Waals surface area contributed by atoms with Crippen molar-refractivity contribution < 1.29 is 8.42 Å². The molecule has 0 fully saturated rings. The Bertz CT molecular complexity index is 1030. The van der Waals surface area contributed by atoms with Gasteiger partial charge in [-0.15, -0.1) is 0 Å². The fraction of sp³-hybridized carbons (Fsp3) is 0.0625. The van der Waals surface area contributed by atoms with Gasteiger partial charge in [0.05, 0.1) is 15.4 Å². The monoisotopic (exact) mass is 425 g/mol. The van der Waals surface area contributed by atoms with Crippen molar-refractivity contribution in [3.63, 3.8) is 0 Å². The summed E-state index contributed by atoms with van der Waals surface area (Å²) < 4.78 is 23.7. The van der Waals surface area contributed by atoms with E-state index < -0.39 is 10.0 Å². The summed E-state index contributed by atoms with van der Waals surface area (Å²) in [7, 11) is -3.71. The molecule has 0 atom stereocenters. The van der Waals surface area contributed by atoms with Crippen molar-refractivity contribution in [2.24, 2.45) is 5.14 Å². The number of sulfonamides is 1. The van der Waals surface area contributed by atoms with E-state index >= 15 is 0 Å².